The van der Waals surface area contributed by atoms with E-state index in [1.54, 1.807) is 13.3 Å². The van der Waals surface area contributed by atoms with Crippen molar-refractivity contribution in [3.63, 3.8) is 0 Å². The molecule has 126 valence electrons. The number of carboxylic acids is 1. The molecule has 1 aromatic rings. The zero-order chi connectivity index (χ0) is 16.7. The fourth-order valence-electron chi connectivity index (χ4n) is 2.74. The van der Waals surface area contributed by atoms with Crippen molar-refractivity contribution in [3.05, 3.63) is 23.9 Å². The molecule has 23 heavy (non-hydrogen) atoms. The molecule has 1 saturated carbocycles. The lowest BCUT2D eigenvalue weighted by molar-refractivity contribution is -0.142. The normalized spacial score (nSPS) is 20.7. The average Bonchev–Trinajstić information content (AvgIpc) is 2.53. The first-order valence-corrected chi connectivity index (χ1v) is 7.82. The second-order valence-electron chi connectivity index (χ2n) is 5.78. The Balaban J connectivity index is 1.80. The highest BCUT2D eigenvalue weighted by molar-refractivity contribution is 5.88. The number of carboxylic acid groups (broad SMARTS) is 1. The van der Waals surface area contributed by atoms with Gasteiger partial charge in [-0.05, 0) is 49.8 Å². The third kappa shape index (κ3) is 5.52. The minimum atomic E-state index is -0.745. The summed E-state index contributed by atoms with van der Waals surface area (Å²) in [5.41, 5.74) is 1.04. The fraction of sp³-hybridized carbons (Fsp3) is 0.562. The molecule has 2 rings (SSSR count). The molecule has 1 fully saturated rings. The minimum absolute atomic E-state index is 0.0160. The van der Waals surface area contributed by atoms with Crippen molar-refractivity contribution in [2.45, 2.75) is 38.1 Å². The number of amides is 2. The predicted octanol–water partition coefficient (Wildman–Crippen LogP) is 2.04. The van der Waals surface area contributed by atoms with Gasteiger partial charge in [-0.15, -0.1) is 0 Å². The standard InChI is InChI=1S/C16H23N3O4/c1-23-9-7-11-6-8-17-14(10-11)19-16(22)18-13-4-2-12(3-5-13)15(20)21/h6,8,10,12-13H,2-5,7,9H2,1H3,(H,20,21)(H2,17,18,19,22). The number of hydrogen-bond acceptors (Lipinski definition) is 4. The van der Waals surface area contributed by atoms with Gasteiger partial charge in [0, 0.05) is 19.3 Å². The van der Waals surface area contributed by atoms with E-state index >= 15 is 0 Å². The SMILES string of the molecule is COCCc1ccnc(NC(=O)NC2CCC(C(=O)O)CC2)c1. The van der Waals surface area contributed by atoms with Gasteiger partial charge in [-0.2, -0.15) is 0 Å². The van der Waals surface area contributed by atoms with Gasteiger partial charge >= 0.3 is 12.0 Å². The molecule has 1 aliphatic rings. The van der Waals surface area contributed by atoms with E-state index in [9.17, 15) is 9.59 Å². The third-order valence-electron chi connectivity index (χ3n) is 4.07. The number of aromatic nitrogens is 1. The van der Waals surface area contributed by atoms with Crippen LogP contribution < -0.4 is 10.6 Å². The van der Waals surface area contributed by atoms with Crippen molar-refractivity contribution >= 4 is 17.8 Å². The summed E-state index contributed by atoms with van der Waals surface area (Å²) in [6.45, 7) is 0.614. The van der Waals surface area contributed by atoms with Crippen molar-refractivity contribution in [1.82, 2.24) is 10.3 Å². The number of hydrogen-bond donors (Lipinski definition) is 3. The monoisotopic (exact) mass is 321 g/mol. The van der Waals surface area contributed by atoms with Gasteiger partial charge in [-0.1, -0.05) is 0 Å². The van der Waals surface area contributed by atoms with Crippen LogP contribution in [0.2, 0.25) is 0 Å². The Hall–Kier alpha value is -2.15. The summed E-state index contributed by atoms with van der Waals surface area (Å²) < 4.78 is 5.03. The van der Waals surface area contributed by atoms with Crippen molar-refractivity contribution in [1.29, 1.82) is 0 Å². The van der Waals surface area contributed by atoms with E-state index < -0.39 is 5.97 Å². The summed E-state index contributed by atoms with van der Waals surface area (Å²) in [6, 6.07) is 3.41. The molecule has 1 aliphatic carbocycles. The van der Waals surface area contributed by atoms with Crippen LogP contribution in [0.4, 0.5) is 10.6 Å². The van der Waals surface area contributed by atoms with E-state index in [-0.39, 0.29) is 18.0 Å². The van der Waals surface area contributed by atoms with Crippen LogP contribution >= 0.6 is 0 Å². The highest BCUT2D eigenvalue weighted by atomic mass is 16.5. The molecule has 0 radical (unpaired) electrons. The Kier molecular flexibility index (Phi) is 6.34. The van der Waals surface area contributed by atoms with Gasteiger partial charge in [0.25, 0.3) is 0 Å². The van der Waals surface area contributed by atoms with Gasteiger partial charge in [0.2, 0.25) is 0 Å². The number of aliphatic carboxylic acids is 1. The van der Waals surface area contributed by atoms with E-state index in [1.165, 1.54) is 0 Å². The van der Waals surface area contributed by atoms with Crippen LogP contribution in [0, 0.1) is 5.92 Å². The number of nitrogens with zero attached hydrogens (tertiary/aromatic N) is 1. The molecule has 0 spiro atoms. The van der Waals surface area contributed by atoms with Crippen LogP contribution in [0.1, 0.15) is 31.2 Å². The first-order valence-electron chi connectivity index (χ1n) is 7.82. The molecule has 7 heteroatoms. The Morgan fingerprint density at radius 2 is 2.09 bits per heavy atom. The Morgan fingerprint density at radius 3 is 2.74 bits per heavy atom. The van der Waals surface area contributed by atoms with Gasteiger partial charge in [0.1, 0.15) is 5.82 Å². The predicted molar refractivity (Wildman–Crippen MR) is 85.4 cm³/mol. The van der Waals surface area contributed by atoms with Crippen molar-refractivity contribution in [2.24, 2.45) is 5.92 Å². The number of urea groups is 1. The second kappa shape index (κ2) is 8.47. The molecule has 0 aromatic carbocycles. The summed E-state index contributed by atoms with van der Waals surface area (Å²) in [4.78, 5) is 27.1. The zero-order valence-corrected chi connectivity index (χ0v) is 13.2. The summed E-state index contributed by atoms with van der Waals surface area (Å²) in [7, 11) is 1.65. The number of pyridine rings is 1. The third-order valence-corrected chi connectivity index (χ3v) is 4.07. The molecule has 3 N–H and O–H groups in total. The first-order chi connectivity index (χ1) is 11.1. The average molecular weight is 321 g/mol. The minimum Gasteiger partial charge on any atom is -0.481 e. The van der Waals surface area contributed by atoms with Crippen LogP contribution in [-0.2, 0) is 16.0 Å². The second-order valence-corrected chi connectivity index (χ2v) is 5.78. The lowest BCUT2D eigenvalue weighted by Crippen LogP contribution is -2.41. The number of rotatable bonds is 6. The molecule has 0 atom stereocenters. The highest BCUT2D eigenvalue weighted by Gasteiger charge is 2.26. The molecular formula is C16H23N3O4. The Morgan fingerprint density at radius 1 is 1.35 bits per heavy atom. The van der Waals surface area contributed by atoms with Crippen LogP contribution in [-0.4, -0.2) is 41.8 Å². The quantitative estimate of drug-likeness (QED) is 0.744. The van der Waals surface area contributed by atoms with Gasteiger partial charge < -0.3 is 15.2 Å². The van der Waals surface area contributed by atoms with Crippen LogP contribution in [0.25, 0.3) is 0 Å². The first kappa shape index (κ1) is 17.2. The zero-order valence-electron chi connectivity index (χ0n) is 13.2. The number of anilines is 1. The topological polar surface area (TPSA) is 101 Å². The lowest BCUT2D eigenvalue weighted by atomic mass is 9.86. The molecule has 1 heterocycles. The lowest BCUT2D eigenvalue weighted by Gasteiger charge is -2.26. The Bertz CT molecular complexity index is 542. The summed E-state index contributed by atoms with van der Waals surface area (Å²) in [5, 5.41) is 14.6. The van der Waals surface area contributed by atoms with E-state index in [1.807, 2.05) is 12.1 Å². The van der Waals surface area contributed by atoms with Crippen molar-refractivity contribution in [2.75, 3.05) is 19.0 Å². The molecule has 7 nitrogen and oxygen atoms in total. The van der Waals surface area contributed by atoms with E-state index in [2.05, 4.69) is 15.6 Å². The van der Waals surface area contributed by atoms with Gasteiger partial charge in [-0.25, -0.2) is 9.78 Å². The van der Waals surface area contributed by atoms with Gasteiger partial charge in [-0.3, -0.25) is 10.1 Å². The number of carbonyl (C=O) groups is 2. The molecule has 0 bridgehead atoms. The van der Waals surface area contributed by atoms with E-state index in [4.69, 9.17) is 9.84 Å². The van der Waals surface area contributed by atoms with Crippen molar-refractivity contribution in [3.8, 4) is 0 Å². The van der Waals surface area contributed by atoms with Crippen LogP contribution in [0.5, 0.6) is 0 Å². The number of nitrogens with one attached hydrogen (secondary N) is 2. The fourth-order valence-corrected chi connectivity index (χ4v) is 2.74. The number of carbonyl (C=O) groups excluding carboxylic acids is 1. The largest absolute Gasteiger partial charge is 0.481 e. The number of ether oxygens (including phenoxy) is 1. The maximum atomic E-state index is 12.0. The summed E-state index contributed by atoms with van der Waals surface area (Å²) in [6.07, 6.45) is 4.99. The molecular weight excluding hydrogens is 298 g/mol. The summed E-state index contributed by atoms with van der Waals surface area (Å²) >= 11 is 0. The van der Waals surface area contributed by atoms with E-state index in [0.717, 1.165) is 12.0 Å². The highest BCUT2D eigenvalue weighted by Crippen LogP contribution is 2.24. The molecule has 0 aliphatic heterocycles. The van der Waals surface area contributed by atoms with Gasteiger partial charge in [0.05, 0.1) is 12.5 Å². The Labute approximate surface area is 135 Å². The number of methoxy groups -OCH3 is 1. The molecule has 0 unspecified atom stereocenters. The smallest absolute Gasteiger partial charge is 0.320 e. The van der Waals surface area contributed by atoms with Gasteiger partial charge in [0.15, 0.2) is 0 Å². The van der Waals surface area contributed by atoms with Crippen molar-refractivity contribution < 1.29 is 19.4 Å². The maximum absolute atomic E-state index is 12.0. The van der Waals surface area contributed by atoms with Crippen LogP contribution in [0.3, 0.4) is 0 Å². The van der Waals surface area contributed by atoms with E-state index in [0.29, 0.717) is 38.1 Å². The maximum Gasteiger partial charge on any atom is 0.320 e. The molecule has 0 saturated heterocycles. The van der Waals surface area contributed by atoms with Crippen LogP contribution in [0.15, 0.2) is 18.3 Å². The molecule has 2 amide bonds. The molecule has 1 aromatic heterocycles. The summed E-state index contributed by atoms with van der Waals surface area (Å²) in [5.74, 6) is -0.532.